The van der Waals surface area contributed by atoms with Gasteiger partial charge in [-0.3, -0.25) is 0 Å². The summed E-state index contributed by atoms with van der Waals surface area (Å²) in [6, 6.07) is 24.3. The molecule has 0 saturated carbocycles. The first-order chi connectivity index (χ1) is 19.4. The highest BCUT2D eigenvalue weighted by atomic mass is 35.5. The monoisotopic (exact) mass is 579 g/mol. The number of carbonyl (C=O) groups excluding carboxylic acids is 1. The first-order valence-electron chi connectivity index (χ1n) is 12.7. The van der Waals surface area contributed by atoms with Crippen molar-refractivity contribution in [3.63, 3.8) is 0 Å². The van der Waals surface area contributed by atoms with E-state index in [1.54, 1.807) is 23.9 Å². The van der Waals surface area contributed by atoms with E-state index >= 15 is 0 Å². The number of methoxy groups -OCH3 is 2. The molecule has 1 N–H and O–H groups in total. The van der Waals surface area contributed by atoms with Gasteiger partial charge in [0.2, 0.25) is 0 Å². The van der Waals surface area contributed by atoms with Crippen LogP contribution in [0.15, 0.2) is 78.9 Å². The lowest BCUT2D eigenvalue weighted by Gasteiger charge is -2.21. The van der Waals surface area contributed by atoms with E-state index in [1.807, 2.05) is 66.7 Å². The fourth-order valence-corrected chi connectivity index (χ4v) is 5.79. The number of fused-ring (bicyclic) bond motifs is 1. The number of esters is 1. The van der Waals surface area contributed by atoms with Crippen LogP contribution in [0.4, 0.5) is 0 Å². The van der Waals surface area contributed by atoms with Gasteiger partial charge < -0.3 is 19.3 Å². The van der Waals surface area contributed by atoms with Crippen LogP contribution < -0.4 is 4.74 Å². The van der Waals surface area contributed by atoms with Gasteiger partial charge >= 0.3 is 11.9 Å². The summed E-state index contributed by atoms with van der Waals surface area (Å²) in [5.74, 6) is -0.335. The van der Waals surface area contributed by atoms with Crippen LogP contribution in [0.25, 0.3) is 10.9 Å². The topological polar surface area (TPSA) is 95.0 Å². The van der Waals surface area contributed by atoms with Gasteiger partial charge in [0.15, 0.2) is 6.10 Å². The zero-order chi connectivity index (χ0) is 28.5. The van der Waals surface area contributed by atoms with Crippen LogP contribution in [-0.2, 0) is 27.3 Å². The number of nitrogens with zero attached hydrogens (tertiary/aromatic N) is 1. The second-order valence-electron chi connectivity index (χ2n) is 9.07. The third-order valence-electron chi connectivity index (χ3n) is 6.45. The molecule has 208 valence electrons. The molecule has 0 amide bonds. The number of rotatable bonds is 13. The van der Waals surface area contributed by atoms with Gasteiger partial charge in [-0.2, -0.15) is 11.8 Å². The second kappa shape index (κ2) is 14.2. The van der Waals surface area contributed by atoms with E-state index in [2.05, 4.69) is 4.98 Å². The number of carboxylic acid groups (broad SMARTS) is 1. The van der Waals surface area contributed by atoms with E-state index in [9.17, 15) is 14.7 Å². The van der Waals surface area contributed by atoms with E-state index in [4.69, 9.17) is 25.8 Å². The van der Waals surface area contributed by atoms with Crippen LogP contribution in [-0.4, -0.2) is 48.1 Å². The highest BCUT2D eigenvalue weighted by Gasteiger charge is 2.23. The Hall–Kier alpha value is -3.59. The lowest BCUT2D eigenvalue weighted by Crippen LogP contribution is -2.27. The predicted molar refractivity (Wildman–Crippen MR) is 157 cm³/mol. The molecule has 0 radical (unpaired) electrons. The van der Waals surface area contributed by atoms with Crippen molar-refractivity contribution in [2.24, 2.45) is 0 Å². The van der Waals surface area contributed by atoms with Gasteiger partial charge in [-0.1, -0.05) is 54.1 Å². The molecule has 4 aromatic rings. The van der Waals surface area contributed by atoms with E-state index < -0.39 is 18.0 Å². The van der Waals surface area contributed by atoms with Crippen molar-refractivity contribution >= 4 is 46.2 Å². The molecule has 0 spiro atoms. The number of carboxylic acids is 1. The molecule has 9 heteroatoms. The number of halogens is 1. The fraction of sp³-hybridized carbons (Fsp3) is 0.258. The van der Waals surface area contributed by atoms with Crippen molar-refractivity contribution in [1.82, 2.24) is 4.98 Å². The zero-order valence-corrected chi connectivity index (χ0v) is 23.8. The molecule has 0 aliphatic carbocycles. The number of ether oxygens (including phenoxy) is 3. The minimum Gasteiger partial charge on any atom is -0.487 e. The third-order valence-corrected chi connectivity index (χ3v) is 8.09. The lowest BCUT2D eigenvalue weighted by atomic mass is 9.99. The van der Waals surface area contributed by atoms with Crippen LogP contribution in [0.1, 0.15) is 38.8 Å². The number of hydrogen-bond donors (Lipinski definition) is 1. The number of thioether (sulfide) groups is 1. The SMILES string of the molecule is COC(=O)C(CSC(CCc1ccccc1C(=O)O)c1cccc(OCc2ccc3ccc(Cl)cc3n2)c1)OC. The van der Waals surface area contributed by atoms with E-state index in [0.29, 0.717) is 29.4 Å². The zero-order valence-electron chi connectivity index (χ0n) is 22.2. The number of hydrogen-bond acceptors (Lipinski definition) is 7. The number of aromatic nitrogens is 1. The minimum atomic E-state index is -0.954. The average molecular weight is 580 g/mol. The van der Waals surface area contributed by atoms with Gasteiger partial charge in [-0.15, -0.1) is 0 Å². The summed E-state index contributed by atoms with van der Waals surface area (Å²) in [7, 11) is 2.81. The normalized spacial score (nSPS) is 12.6. The lowest BCUT2D eigenvalue weighted by molar-refractivity contribution is -0.150. The van der Waals surface area contributed by atoms with Crippen molar-refractivity contribution in [3.8, 4) is 5.75 Å². The average Bonchev–Trinajstić information content (AvgIpc) is 2.97. The maximum absolute atomic E-state index is 12.1. The number of pyridine rings is 1. The van der Waals surface area contributed by atoms with Crippen molar-refractivity contribution in [2.45, 2.75) is 30.8 Å². The maximum Gasteiger partial charge on any atom is 0.335 e. The molecule has 2 unspecified atom stereocenters. The van der Waals surface area contributed by atoms with Crippen LogP contribution >= 0.6 is 23.4 Å². The molecular formula is C31H30ClNO6S. The van der Waals surface area contributed by atoms with Crippen molar-refractivity contribution in [3.05, 3.63) is 106 Å². The number of aromatic carboxylic acids is 1. The molecule has 4 rings (SSSR count). The van der Waals surface area contributed by atoms with Gasteiger partial charge in [0.25, 0.3) is 0 Å². The standard InChI is InChI=1S/C31H30ClNO6S/c1-37-28(31(36)38-2)19-40-29(15-12-20-6-3-4-9-26(20)30(34)35)22-7-5-8-25(16-22)39-18-24-14-11-21-10-13-23(32)17-27(21)33-24/h3-11,13-14,16-17,28-29H,12,15,18-19H2,1-2H3,(H,34,35). The summed E-state index contributed by atoms with van der Waals surface area (Å²) in [6.07, 6.45) is 0.476. The van der Waals surface area contributed by atoms with Crippen LogP contribution in [0.5, 0.6) is 5.75 Å². The third kappa shape index (κ3) is 7.75. The molecule has 1 heterocycles. The van der Waals surface area contributed by atoms with Crippen LogP contribution in [0.3, 0.4) is 0 Å². The summed E-state index contributed by atoms with van der Waals surface area (Å²) in [5, 5.41) is 11.2. The van der Waals surface area contributed by atoms with E-state index in [0.717, 1.165) is 27.7 Å². The first-order valence-corrected chi connectivity index (χ1v) is 14.1. The molecule has 3 aromatic carbocycles. The van der Waals surface area contributed by atoms with Crippen molar-refractivity contribution in [2.75, 3.05) is 20.0 Å². The quantitative estimate of drug-likeness (QED) is 0.174. The molecule has 0 fully saturated rings. The smallest absolute Gasteiger partial charge is 0.335 e. The Morgan fingerprint density at radius 3 is 2.58 bits per heavy atom. The molecule has 0 aliphatic rings. The van der Waals surface area contributed by atoms with Gasteiger partial charge in [-0.25, -0.2) is 14.6 Å². The summed E-state index contributed by atoms with van der Waals surface area (Å²) in [5.41, 5.74) is 3.62. The number of benzene rings is 3. The Balaban J connectivity index is 1.51. The van der Waals surface area contributed by atoms with Crippen LogP contribution in [0, 0.1) is 0 Å². The second-order valence-corrected chi connectivity index (χ2v) is 10.7. The fourth-order valence-electron chi connectivity index (χ4n) is 4.32. The predicted octanol–water partition coefficient (Wildman–Crippen LogP) is 6.76. The Labute approximate surface area is 242 Å². The van der Waals surface area contributed by atoms with Gasteiger partial charge in [-0.05, 0) is 60.4 Å². The van der Waals surface area contributed by atoms with Gasteiger partial charge in [0.05, 0.1) is 23.9 Å². The Morgan fingerprint density at radius 1 is 1.00 bits per heavy atom. The summed E-state index contributed by atoms with van der Waals surface area (Å²) in [6.45, 7) is 0.282. The Morgan fingerprint density at radius 2 is 1.80 bits per heavy atom. The first kappa shape index (κ1) is 29.4. The highest BCUT2D eigenvalue weighted by Crippen LogP contribution is 2.36. The minimum absolute atomic E-state index is 0.0614. The molecular weight excluding hydrogens is 550 g/mol. The molecule has 40 heavy (non-hydrogen) atoms. The highest BCUT2D eigenvalue weighted by molar-refractivity contribution is 7.99. The molecule has 0 bridgehead atoms. The Kier molecular flexibility index (Phi) is 10.4. The molecule has 1 aromatic heterocycles. The largest absolute Gasteiger partial charge is 0.487 e. The van der Waals surface area contributed by atoms with E-state index in [-0.39, 0.29) is 17.4 Å². The molecule has 0 aliphatic heterocycles. The summed E-state index contributed by atoms with van der Waals surface area (Å²) >= 11 is 7.68. The van der Waals surface area contributed by atoms with Crippen molar-refractivity contribution < 1.29 is 28.9 Å². The Bertz CT molecular complexity index is 1480. The maximum atomic E-state index is 12.1. The van der Waals surface area contributed by atoms with Gasteiger partial charge in [0, 0.05) is 28.5 Å². The molecule has 2 atom stereocenters. The van der Waals surface area contributed by atoms with E-state index in [1.165, 1.54) is 14.2 Å². The van der Waals surface area contributed by atoms with Gasteiger partial charge in [0.1, 0.15) is 12.4 Å². The summed E-state index contributed by atoms with van der Waals surface area (Å²) < 4.78 is 16.3. The van der Waals surface area contributed by atoms with Crippen LogP contribution in [0.2, 0.25) is 5.02 Å². The van der Waals surface area contributed by atoms with Crippen molar-refractivity contribution in [1.29, 1.82) is 0 Å². The summed E-state index contributed by atoms with van der Waals surface area (Å²) in [4.78, 5) is 28.5. The molecule has 0 saturated heterocycles. The number of carbonyl (C=O) groups is 2. The molecule has 7 nitrogen and oxygen atoms in total. The number of aryl methyl sites for hydroxylation is 1.